The highest BCUT2D eigenvalue weighted by atomic mass is 16.5. The van der Waals surface area contributed by atoms with Gasteiger partial charge in [0, 0.05) is 23.1 Å². The number of fused-ring (bicyclic) bond motifs is 3. The molecular weight excluding hydrogens is 424 g/mol. The summed E-state index contributed by atoms with van der Waals surface area (Å²) in [6.45, 7) is 2.56. The summed E-state index contributed by atoms with van der Waals surface area (Å²) in [5, 5.41) is 15.5. The SMILES string of the molecule is CCOC(=O)c1ccc(-n2c(O)c([C@H]3NCCc4c3[nH]c3ccccc43)c(=O)[nH]c2=O)cc1. The van der Waals surface area contributed by atoms with Gasteiger partial charge in [-0.25, -0.2) is 14.2 Å². The molecule has 0 aliphatic carbocycles. The molecule has 2 aromatic heterocycles. The van der Waals surface area contributed by atoms with Gasteiger partial charge in [-0.1, -0.05) is 18.2 Å². The van der Waals surface area contributed by atoms with Crippen LogP contribution in [0.3, 0.4) is 0 Å². The molecule has 168 valence electrons. The van der Waals surface area contributed by atoms with E-state index in [4.69, 9.17) is 4.74 Å². The highest BCUT2D eigenvalue weighted by molar-refractivity contribution is 5.89. The Labute approximate surface area is 187 Å². The zero-order valence-electron chi connectivity index (χ0n) is 17.8. The molecule has 0 radical (unpaired) electrons. The molecule has 4 aromatic rings. The predicted octanol–water partition coefficient (Wildman–Crippen LogP) is 2.12. The Morgan fingerprint density at radius 2 is 1.88 bits per heavy atom. The zero-order chi connectivity index (χ0) is 23.1. The summed E-state index contributed by atoms with van der Waals surface area (Å²) >= 11 is 0. The third kappa shape index (κ3) is 3.42. The third-order valence-electron chi connectivity index (χ3n) is 5.90. The van der Waals surface area contributed by atoms with Crippen LogP contribution < -0.4 is 16.6 Å². The quantitative estimate of drug-likeness (QED) is 0.356. The number of aromatic nitrogens is 3. The van der Waals surface area contributed by atoms with Crippen LogP contribution in [0.4, 0.5) is 0 Å². The number of para-hydroxylation sites is 1. The van der Waals surface area contributed by atoms with Crippen LogP contribution in [0.15, 0.2) is 58.1 Å². The number of carbonyl (C=O) groups excluding carboxylic acids is 1. The fourth-order valence-corrected chi connectivity index (χ4v) is 4.43. The Hall–Kier alpha value is -4.11. The van der Waals surface area contributed by atoms with Crippen LogP contribution in [-0.4, -0.2) is 38.8 Å². The van der Waals surface area contributed by atoms with Gasteiger partial charge in [0.05, 0.1) is 23.9 Å². The second-order valence-corrected chi connectivity index (χ2v) is 7.80. The highest BCUT2D eigenvalue weighted by Crippen LogP contribution is 2.35. The molecule has 5 rings (SSSR count). The molecule has 0 amide bonds. The molecule has 1 aliphatic rings. The van der Waals surface area contributed by atoms with E-state index in [1.807, 2.05) is 24.3 Å². The first-order valence-electron chi connectivity index (χ1n) is 10.7. The topological polar surface area (TPSA) is 129 Å². The summed E-state index contributed by atoms with van der Waals surface area (Å²) in [7, 11) is 0. The highest BCUT2D eigenvalue weighted by Gasteiger charge is 2.31. The molecule has 1 atom stereocenters. The van der Waals surface area contributed by atoms with Crippen molar-refractivity contribution in [3.05, 3.63) is 91.8 Å². The number of nitrogens with zero attached hydrogens (tertiary/aromatic N) is 1. The van der Waals surface area contributed by atoms with Crippen molar-refractivity contribution < 1.29 is 14.6 Å². The largest absolute Gasteiger partial charge is 0.494 e. The first-order valence-corrected chi connectivity index (χ1v) is 10.7. The van der Waals surface area contributed by atoms with Crippen LogP contribution in [0, 0.1) is 0 Å². The Morgan fingerprint density at radius 1 is 1.12 bits per heavy atom. The van der Waals surface area contributed by atoms with Gasteiger partial charge in [-0.15, -0.1) is 0 Å². The third-order valence-corrected chi connectivity index (χ3v) is 5.90. The van der Waals surface area contributed by atoms with Gasteiger partial charge in [0.1, 0.15) is 5.56 Å². The Bertz CT molecular complexity index is 1480. The fraction of sp³-hybridized carbons (Fsp3) is 0.208. The molecule has 0 saturated heterocycles. The summed E-state index contributed by atoms with van der Waals surface area (Å²) in [6, 6.07) is 13.3. The van der Waals surface area contributed by atoms with Crippen LogP contribution >= 0.6 is 0 Å². The number of carbonyl (C=O) groups is 1. The van der Waals surface area contributed by atoms with Crippen molar-refractivity contribution in [3.63, 3.8) is 0 Å². The van der Waals surface area contributed by atoms with Crippen LogP contribution in [-0.2, 0) is 11.2 Å². The summed E-state index contributed by atoms with van der Waals surface area (Å²) in [5.41, 5.74) is 2.01. The Kier molecular flexibility index (Phi) is 5.10. The molecule has 2 aromatic carbocycles. The lowest BCUT2D eigenvalue weighted by atomic mass is 9.95. The van der Waals surface area contributed by atoms with Gasteiger partial charge in [0.15, 0.2) is 0 Å². The Balaban J connectivity index is 1.63. The molecule has 0 fully saturated rings. The van der Waals surface area contributed by atoms with Gasteiger partial charge in [-0.2, -0.15) is 0 Å². The monoisotopic (exact) mass is 446 g/mol. The molecule has 0 spiro atoms. The van der Waals surface area contributed by atoms with Crippen molar-refractivity contribution in [2.24, 2.45) is 0 Å². The van der Waals surface area contributed by atoms with Gasteiger partial charge < -0.3 is 20.1 Å². The number of nitrogens with one attached hydrogen (secondary N) is 3. The van der Waals surface area contributed by atoms with Crippen molar-refractivity contribution in [2.45, 2.75) is 19.4 Å². The van der Waals surface area contributed by atoms with Gasteiger partial charge in [0.25, 0.3) is 5.56 Å². The molecule has 9 heteroatoms. The van der Waals surface area contributed by atoms with E-state index < -0.39 is 29.1 Å². The van der Waals surface area contributed by atoms with E-state index in [1.165, 1.54) is 24.3 Å². The van der Waals surface area contributed by atoms with Crippen LogP contribution in [0.25, 0.3) is 16.6 Å². The van der Waals surface area contributed by atoms with Gasteiger partial charge in [0.2, 0.25) is 5.88 Å². The van der Waals surface area contributed by atoms with Crippen molar-refractivity contribution >= 4 is 16.9 Å². The standard InChI is InChI=1S/C24H22N4O5/c1-2-33-23(31)13-7-9-14(10-8-13)28-22(30)18(21(29)27-24(28)32)20-19-16(11-12-25-20)15-5-3-4-6-17(15)26-19/h3-10,20,25-26,30H,2,11-12H2,1H3,(H,27,29,32)/t20-/m1/s1. The van der Waals surface area contributed by atoms with E-state index in [0.29, 0.717) is 17.8 Å². The molecule has 1 aliphatic heterocycles. The second-order valence-electron chi connectivity index (χ2n) is 7.80. The number of aromatic amines is 2. The first kappa shape index (κ1) is 20.8. The second kappa shape index (κ2) is 8.10. The Morgan fingerprint density at radius 3 is 2.64 bits per heavy atom. The molecule has 9 nitrogen and oxygen atoms in total. The van der Waals surface area contributed by atoms with E-state index in [0.717, 1.165) is 33.1 Å². The zero-order valence-corrected chi connectivity index (χ0v) is 17.8. The number of ether oxygens (including phenoxy) is 1. The van der Waals surface area contributed by atoms with Crippen LogP contribution in [0.5, 0.6) is 5.88 Å². The lowest BCUT2D eigenvalue weighted by Gasteiger charge is -2.25. The molecule has 0 unspecified atom stereocenters. The smallest absolute Gasteiger partial charge is 0.338 e. The van der Waals surface area contributed by atoms with Crippen molar-refractivity contribution in [2.75, 3.05) is 13.2 Å². The molecular formula is C24H22N4O5. The number of aromatic hydroxyl groups is 1. The lowest BCUT2D eigenvalue weighted by molar-refractivity contribution is 0.0526. The predicted molar refractivity (Wildman–Crippen MR) is 122 cm³/mol. The van der Waals surface area contributed by atoms with E-state index in [9.17, 15) is 19.5 Å². The summed E-state index contributed by atoms with van der Waals surface area (Å²) < 4.78 is 6.00. The number of benzene rings is 2. The molecule has 3 heterocycles. The fourth-order valence-electron chi connectivity index (χ4n) is 4.43. The van der Waals surface area contributed by atoms with E-state index in [-0.39, 0.29) is 12.2 Å². The minimum Gasteiger partial charge on any atom is -0.494 e. The number of esters is 1. The molecule has 33 heavy (non-hydrogen) atoms. The van der Waals surface area contributed by atoms with E-state index in [2.05, 4.69) is 15.3 Å². The van der Waals surface area contributed by atoms with Crippen LogP contribution in [0.1, 0.15) is 40.1 Å². The molecule has 0 bridgehead atoms. The number of hydrogen-bond acceptors (Lipinski definition) is 6. The summed E-state index contributed by atoms with van der Waals surface area (Å²) in [6.07, 6.45) is 0.767. The molecule has 0 saturated carbocycles. The van der Waals surface area contributed by atoms with Crippen LogP contribution in [0.2, 0.25) is 0 Å². The summed E-state index contributed by atoms with van der Waals surface area (Å²) in [5.74, 6) is -0.947. The van der Waals surface area contributed by atoms with Gasteiger partial charge in [-0.3, -0.25) is 9.78 Å². The minimum absolute atomic E-state index is 0.0385. The number of hydrogen-bond donors (Lipinski definition) is 4. The van der Waals surface area contributed by atoms with E-state index >= 15 is 0 Å². The first-order chi connectivity index (χ1) is 16.0. The lowest BCUT2D eigenvalue weighted by Crippen LogP contribution is -2.38. The molecule has 4 N–H and O–H groups in total. The average molecular weight is 446 g/mol. The average Bonchev–Trinajstić information content (AvgIpc) is 3.19. The summed E-state index contributed by atoms with van der Waals surface area (Å²) in [4.78, 5) is 43.1. The minimum atomic E-state index is -0.780. The van der Waals surface area contributed by atoms with E-state index in [1.54, 1.807) is 6.92 Å². The normalized spacial score (nSPS) is 15.4. The van der Waals surface area contributed by atoms with Crippen molar-refractivity contribution in [1.82, 2.24) is 19.9 Å². The van der Waals surface area contributed by atoms with Gasteiger partial charge >= 0.3 is 11.7 Å². The van der Waals surface area contributed by atoms with Crippen molar-refractivity contribution in [1.29, 1.82) is 0 Å². The number of H-pyrrole nitrogens is 2. The number of rotatable bonds is 4. The maximum absolute atomic E-state index is 12.8. The van der Waals surface area contributed by atoms with Gasteiger partial charge in [-0.05, 0) is 49.2 Å². The maximum atomic E-state index is 12.8. The van der Waals surface area contributed by atoms with Crippen molar-refractivity contribution in [3.8, 4) is 11.6 Å². The maximum Gasteiger partial charge on any atom is 0.338 e.